The highest BCUT2D eigenvalue weighted by molar-refractivity contribution is 5.90. The van der Waals surface area contributed by atoms with Crippen LogP contribution in [0.5, 0.6) is 0 Å². The number of carbonyl (C=O) groups excluding carboxylic acids is 2. The van der Waals surface area contributed by atoms with Crippen LogP contribution in [0.3, 0.4) is 0 Å². The van der Waals surface area contributed by atoms with Crippen LogP contribution in [0, 0.1) is 0 Å². The molecule has 0 fully saturated rings. The van der Waals surface area contributed by atoms with Gasteiger partial charge in [0.2, 0.25) is 6.10 Å². The van der Waals surface area contributed by atoms with Crippen LogP contribution in [0.2, 0.25) is 0 Å². The molecule has 0 aliphatic carbocycles. The summed E-state index contributed by atoms with van der Waals surface area (Å²) in [5.41, 5.74) is 6.81. The number of fused-ring (bicyclic) bond motifs is 1. The number of primary amides is 1. The molecular weight excluding hydrogens is 302 g/mol. The lowest BCUT2D eigenvalue weighted by Crippen LogP contribution is -2.26. The van der Waals surface area contributed by atoms with Gasteiger partial charge in [0.1, 0.15) is 0 Å². The molecular formula is C20H17NO3. The van der Waals surface area contributed by atoms with Gasteiger partial charge in [-0.05, 0) is 16.3 Å². The molecule has 0 saturated heterocycles. The molecule has 24 heavy (non-hydrogen) atoms. The van der Waals surface area contributed by atoms with E-state index in [1.807, 2.05) is 48.5 Å². The summed E-state index contributed by atoms with van der Waals surface area (Å²) in [5, 5.41) is 2.05. The maximum Gasteiger partial charge on any atom is 0.311 e. The molecule has 1 amide bonds. The van der Waals surface area contributed by atoms with Gasteiger partial charge in [0.25, 0.3) is 5.91 Å². The molecule has 120 valence electrons. The summed E-state index contributed by atoms with van der Waals surface area (Å²) in [5.74, 6) is -1.17. The normalized spacial score (nSPS) is 11.8. The highest BCUT2D eigenvalue weighted by atomic mass is 16.5. The van der Waals surface area contributed by atoms with E-state index in [9.17, 15) is 9.59 Å². The summed E-state index contributed by atoms with van der Waals surface area (Å²) < 4.78 is 5.34. The first-order chi connectivity index (χ1) is 11.6. The number of rotatable bonds is 5. The van der Waals surface area contributed by atoms with Crippen LogP contribution < -0.4 is 5.73 Å². The lowest BCUT2D eigenvalue weighted by molar-refractivity contribution is -0.154. The minimum absolute atomic E-state index is 0.0813. The van der Waals surface area contributed by atoms with Crippen molar-refractivity contribution >= 4 is 22.6 Å². The van der Waals surface area contributed by atoms with Gasteiger partial charge >= 0.3 is 5.97 Å². The van der Waals surface area contributed by atoms with Crippen LogP contribution in [0.25, 0.3) is 10.8 Å². The van der Waals surface area contributed by atoms with Crippen LogP contribution in [-0.2, 0) is 20.7 Å². The minimum atomic E-state index is -1.08. The molecule has 0 heterocycles. The quantitative estimate of drug-likeness (QED) is 0.734. The summed E-state index contributed by atoms with van der Waals surface area (Å²) in [6.45, 7) is 0. The number of carbonyl (C=O) groups is 2. The van der Waals surface area contributed by atoms with E-state index >= 15 is 0 Å². The molecule has 1 unspecified atom stereocenters. The Balaban J connectivity index is 1.80. The molecule has 0 aliphatic rings. The van der Waals surface area contributed by atoms with Crippen LogP contribution in [0.15, 0.2) is 72.8 Å². The first-order valence-electron chi connectivity index (χ1n) is 7.65. The lowest BCUT2D eigenvalue weighted by Gasteiger charge is -2.15. The average molecular weight is 319 g/mol. The molecule has 0 bridgehead atoms. The third-order valence-corrected chi connectivity index (χ3v) is 3.82. The Morgan fingerprint density at radius 2 is 1.54 bits per heavy atom. The maximum absolute atomic E-state index is 12.3. The predicted octanol–water partition coefficient (Wildman–Crippen LogP) is 3.15. The molecule has 4 nitrogen and oxygen atoms in total. The highest BCUT2D eigenvalue weighted by Gasteiger charge is 2.22. The topological polar surface area (TPSA) is 69.4 Å². The Morgan fingerprint density at radius 3 is 2.29 bits per heavy atom. The molecule has 0 saturated carbocycles. The smallest absolute Gasteiger partial charge is 0.311 e. The van der Waals surface area contributed by atoms with Gasteiger partial charge in [0.05, 0.1) is 6.42 Å². The third kappa shape index (κ3) is 3.43. The van der Waals surface area contributed by atoms with Gasteiger partial charge in [0.15, 0.2) is 0 Å². The van der Waals surface area contributed by atoms with Gasteiger partial charge in [-0.15, -0.1) is 0 Å². The second-order valence-electron chi connectivity index (χ2n) is 5.50. The Hall–Kier alpha value is -3.14. The van der Waals surface area contributed by atoms with Crippen LogP contribution in [0.4, 0.5) is 0 Å². The van der Waals surface area contributed by atoms with Gasteiger partial charge in [-0.1, -0.05) is 72.8 Å². The Labute approximate surface area is 139 Å². The van der Waals surface area contributed by atoms with E-state index in [4.69, 9.17) is 10.5 Å². The molecule has 0 aliphatic heterocycles. The lowest BCUT2D eigenvalue weighted by atomic mass is 10.0. The number of esters is 1. The number of nitrogens with two attached hydrogens (primary N) is 1. The molecule has 0 spiro atoms. The van der Waals surface area contributed by atoms with E-state index in [2.05, 4.69) is 0 Å². The fraction of sp³-hybridized carbons (Fsp3) is 0.100. The second-order valence-corrected chi connectivity index (χ2v) is 5.50. The zero-order chi connectivity index (χ0) is 16.9. The zero-order valence-electron chi connectivity index (χ0n) is 13.0. The zero-order valence-corrected chi connectivity index (χ0v) is 13.0. The second kappa shape index (κ2) is 6.96. The molecule has 1 atom stereocenters. The summed E-state index contributed by atoms with van der Waals surface area (Å²) in [4.78, 5) is 24.0. The van der Waals surface area contributed by atoms with Crippen LogP contribution >= 0.6 is 0 Å². The minimum Gasteiger partial charge on any atom is -0.447 e. The Morgan fingerprint density at radius 1 is 0.875 bits per heavy atom. The summed E-state index contributed by atoms with van der Waals surface area (Å²) in [7, 11) is 0. The Bertz CT molecular complexity index is 869. The van der Waals surface area contributed by atoms with E-state index in [0.29, 0.717) is 5.56 Å². The van der Waals surface area contributed by atoms with E-state index in [-0.39, 0.29) is 6.42 Å². The highest BCUT2D eigenvalue weighted by Crippen LogP contribution is 2.21. The van der Waals surface area contributed by atoms with Gasteiger partial charge < -0.3 is 10.5 Å². The van der Waals surface area contributed by atoms with Gasteiger partial charge in [-0.2, -0.15) is 0 Å². The molecule has 3 aromatic carbocycles. The standard InChI is InChI=1S/C20H17NO3/c21-20(23)19(15-8-2-1-3-9-15)24-18(22)13-16-11-6-10-14-7-4-5-12-17(14)16/h1-12,19H,13H2,(H2,21,23). The van der Waals surface area contributed by atoms with Gasteiger partial charge in [0, 0.05) is 5.56 Å². The first kappa shape index (κ1) is 15.7. The fourth-order valence-corrected chi connectivity index (χ4v) is 2.69. The number of amides is 1. The van der Waals surface area contributed by atoms with E-state index in [1.165, 1.54) is 0 Å². The SMILES string of the molecule is NC(=O)C(OC(=O)Cc1cccc2ccccc12)c1ccccc1. The van der Waals surface area contributed by atoms with Gasteiger partial charge in [-0.3, -0.25) is 9.59 Å². The van der Waals surface area contributed by atoms with E-state index in [0.717, 1.165) is 16.3 Å². The third-order valence-electron chi connectivity index (χ3n) is 3.82. The van der Waals surface area contributed by atoms with E-state index in [1.54, 1.807) is 24.3 Å². The van der Waals surface area contributed by atoms with Crippen molar-refractivity contribution in [2.24, 2.45) is 5.73 Å². The average Bonchev–Trinajstić information content (AvgIpc) is 2.60. The van der Waals surface area contributed by atoms with Crippen LogP contribution in [0.1, 0.15) is 17.2 Å². The van der Waals surface area contributed by atoms with Crippen molar-refractivity contribution in [2.75, 3.05) is 0 Å². The van der Waals surface area contributed by atoms with Crippen LogP contribution in [-0.4, -0.2) is 11.9 Å². The number of ether oxygens (including phenoxy) is 1. The number of hydrogen-bond donors (Lipinski definition) is 1. The molecule has 0 radical (unpaired) electrons. The monoisotopic (exact) mass is 319 g/mol. The van der Waals surface area contributed by atoms with Gasteiger partial charge in [-0.25, -0.2) is 0 Å². The van der Waals surface area contributed by atoms with Crippen molar-refractivity contribution in [3.05, 3.63) is 83.9 Å². The summed E-state index contributed by atoms with van der Waals surface area (Å²) in [6, 6.07) is 22.4. The summed E-state index contributed by atoms with van der Waals surface area (Å²) >= 11 is 0. The largest absolute Gasteiger partial charge is 0.447 e. The van der Waals surface area contributed by atoms with Crippen molar-refractivity contribution in [1.82, 2.24) is 0 Å². The van der Waals surface area contributed by atoms with Crippen molar-refractivity contribution in [3.63, 3.8) is 0 Å². The number of hydrogen-bond acceptors (Lipinski definition) is 3. The Kier molecular flexibility index (Phi) is 4.57. The molecule has 4 heteroatoms. The fourth-order valence-electron chi connectivity index (χ4n) is 2.69. The first-order valence-corrected chi connectivity index (χ1v) is 7.65. The van der Waals surface area contributed by atoms with Crippen molar-refractivity contribution in [2.45, 2.75) is 12.5 Å². The predicted molar refractivity (Wildman–Crippen MR) is 92.1 cm³/mol. The molecule has 3 aromatic rings. The number of benzene rings is 3. The molecule has 0 aromatic heterocycles. The van der Waals surface area contributed by atoms with Crippen molar-refractivity contribution in [1.29, 1.82) is 0 Å². The van der Waals surface area contributed by atoms with E-state index < -0.39 is 18.0 Å². The molecule has 2 N–H and O–H groups in total. The maximum atomic E-state index is 12.3. The van der Waals surface area contributed by atoms with Crippen molar-refractivity contribution in [3.8, 4) is 0 Å². The molecule has 3 rings (SSSR count). The van der Waals surface area contributed by atoms with Crippen molar-refractivity contribution < 1.29 is 14.3 Å². The summed E-state index contributed by atoms with van der Waals surface area (Å²) in [6.07, 6.45) is -0.994.